The number of hydrogen-bond acceptors (Lipinski definition) is 3. The third-order valence-corrected chi connectivity index (χ3v) is 3.34. The van der Waals surface area contributed by atoms with Crippen molar-refractivity contribution >= 4 is 5.82 Å². The summed E-state index contributed by atoms with van der Waals surface area (Å²) >= 11 is 0. The average molecular weight is 242 g/mol. The highest BCUT2D eigenvalue weighted by atomic mass is 15.3. The monoisotopic (exact) mass is 242 g/mol. The quantitative estimate of drug-likeness (QED) is 0.877. The number of nitrogens with zero attached hydrogens (tertiary/aromatic N) is 4. The summed E-state index contributed by atoms with van der Waals surface area (Å²) < 4.78 is 2.06. The van der Waals surface area contributed by atoms with Crippen LogP contribution in [0.4, 0.5) is 5.82 Å². The number of aromatic nitrogens is 3. The second-order valence-corrected chi connectivity index (χ2v) is 4.58. The standard InChI is InChI=1S/C13H16N5/c14-13-2-1-10(7-16-13)11-8-17-18(9-11)12-3-5-15-6-4-12/h1-2,7-9,12H,3-6H2,(H2,14,16)/q-1. The topological polar surface area (TPSA) is 70.8 Å². The highest BCUT2D eigenvalue weighted by Crippen LogP contribution is 2.25. The smallest absolute Gasteiger partial charge is 0.123 e. The van der Waals surface area contributed by atoms with Crippen molar-refractivity contribution in [2.75, 3.05) is 18.8 Å². The van der Waals surface area contributed by atoms with Gasteiger partial charge in [0.05, 0.1) is 6.20 Å². The molecule has 94 valence electrons. The Morgan fingerprint density at radius 1 is 1.17 bits per heavy atom. The Morgan fingerprint density at radius 2 is 2.00 bits per heavy atom. The number of rotatable bonds is 2. The van der Waals surface area contributed by atoms with Crippen molar-refractivity contribution in [1.82, 2.24) is 14.8 Å². The molecule has 0 amide bonds. The molecule has 5 nitrogen and oxygen atoms in total. The molecule has 0 aliphatic carbocycles. The van der Waals surface area contributed by atoms with E-state index < -0.39 is 0 Å². The van der Waals surface area contributed by atoms with Crippen LogP contribution in [0, 0.1) is 0 Å². The van der Waals surface area contributed by atoms with Gasteiger partial charge in [-0.05, 0) is 25.0 Å². The molecular weight excluding hydrogens is 226 g/mol. The van der Waals surface area contributed by atoms with Crippen molar-refractivity contribution in [3.8, 4) is 11.1 Å². The van der Waals surface area contributed by atoms with Crippen LogP contribution in [0.3, 0.4) is 0 Å². The van der Waals surface area contributed by atoms with Gasteiger partial charge in [0.25, 0.3) is 0 Å². The molecule has 2 aromatic heterocycles. The van der Waals surface area contributed by atoms with E-state index >= 15 is 0 Å². The molecule has 1 aliphatic heterocycles. The number of nitrogens with two attached hydrogens (primary N) is 1. The van der Waals surface area contributed by atoms with Gasteiger partial charge >= 0.3 is 0 Å². The van der Waals surface area contributed by atoms with Crippen LogP contribution in [0.1, 0.15) is 18.9 Å². The summed E-state index contributed by atoms with van der Waals surface area (Å²) in [6.45, 7) is 1.90. The van der Waals surface area contributed by atoms with Gasteiger partial charge in [-0.25, -0.2) is 4.98 Å². The van der Waals surface area contributed by atoms with E-state index in [9.17, 15) is 0 Å². The van der Waals surface area contributed by atoms with Crippen molar-refractivity contribution in [2.45, 2.75) is 18.9 Å². The van der Waals surface area contributed by atoms with Crippen LogP contribution in [0.15, 0.2) is 30.7 Å². The van der Waals surface area contributed by atoms with Crippen molar-refractivity contribution in [3.63, 3.8) is 0 Å². The van der Waals surface area contributed by atoms with Crippen LogP contribution in [0.25, 0.3) is 16.4 Å². The normalized spacial score (nSPS) is 16.9. The molecule has 0 bridgehead atoms. The lowest BCUT2D eigenvalue weighted by Gasteiger charge is -2.31. The molecule has 0 unspecified atom stereocenters. The highest BCUT2D eigenvalue weighted by Gasteiger charge is 2.12. The minimum Gasteiger partial charge on any atom is -0.662 e. The molecule has 0 saturated carbocycles. The van der Waals surface area contributed by atoms with Crippen molar-refractivity contribution in [3.05, 3.63) is 36.0 Å². The van der Waals surface area contributed by atoms with Gasteiger partial charge in [0.15, 0.2) is 0 Å². The lowest BCUT2D eigenvalue weighted by atomic mass is 10.1. The Balaban J connectivity index is 1.82. The maximum atomic E-state index is 5.58. The fourth-order valence-corrected chi connectivity index (χ4v) is 2.26. The molecule has 3 rings (SSSR count). The Morgan fingerprint density at radius 3 is 2.72 bits per heavy atom. The zero-order valence-corrected chi connectivity index (χ0v) is 10.2. The second kappa shape index (κ2) is 4.78. The second-order valence-electron chi connectivity index (χ2n) is 4.58. The van der Waals surface area contributed by atoms with E-state index in [1.807, 2.05) is 18.3 Å². The molecular formula is C13H16N5-. The van der Waals surface area contributed by atoms with E-state index in [4.69, 9.17) is 5.73 Å². The lowest BCUT2D eigenvalue weighted by molar-refractivity contribution is 0.396. The molecule has 1 saturated heterocycles. The van der Waals surface area contributed by atoms with Gasteiger partial charge in [-0.15, -0.1) is 13.1 Å². The van der Waals surface area contributed by atoms with Crippen LogP contribution in [0.2, 0.25) is 0 Å². The average Bonchev–Trinajstić information content (AvgIpc) is 2.90. The molecule has 0 atom stereocenters. The molecule has 5 heteroatoms. The minimum absolute atomic E-state index is 0.484. The molecule has 1 fully saturated rings. The Hall–Kier alpha value is -1.88. The largest absolute Gasteiger partial charge is 0.662 e. The highest BCUT2D eigenvalue weighted by molar-refractivity contribution is 5.61. The van der Waals surface area contributed by atoms with Gasteiger partial charge in [-0.2, -0.15) is 5.10 Å². The van der Waals surface area contributed by atoms with Gasteiger partial charge in [-0.1, -0.05) is 0 Å². The number of piperidine rings is 1. The number of nitrogen functional groups attached to an aromatic ring is 1. The number of pyridine rings is 1. The van der Waals surface area contributed by atoms with Crippen LogP contribution in [-0.4, -0.2) is 27.9 Å². The maximum Gasteiger partial charge on any atom is 0.123 e. The van der Waals surface area contributed by atoms with Crippen LogP contribution >= 0.6 is 0 Å². The first-order valence-electron chi connectivity index (χ1n) is 6.22. The van der Waals surface area contributed by atoms with Gasteiger partial charge < -0.3 is 11.1 Å². The van der Waals surface area contributed by atoms with Gasteiger partial charge in [0.2, 0.25) is 0 Å². The molecule has 0 radical (unpaired) electrons. The zero-order chi connectivity index (χ0) is 12.4. The molecule has 2 N–H and O–H groups in total. The predicted molar refractivity (Wildman–Crippen MR) is 71.2 cm³/mol. The maximum absolute atomic E-state index is 5.58. The third-order valence-electron chi connectivity index (χ3n) is 3.34. The van der Waals surface area contributed by atoms with Crippen molar-refractivity contribution in [2.24, 2.45) is 0 Å². The minimum atomic E-state index is 0.484. The van der Waals surface area contributed by atoms with E-state index in [0.29, 0.717) is 11.9 Å². The molecule has 0 spiro atoms. The van der Waals surface area contributed by atoms with Crippen LogP contribution in [0.5, 0.6) is 0 Å². The van der Waals surface area contributed by atoms with Gasteiger partial charge in [0.1, 0.15) is 5.82 Å². The summed E-state index contributed by atoms with van der Waals surface area (Å²) in [4.78, 5) is 4.10. The van der Waals surface area contributed by atoms with Gasteiger partial charge in [-0.3, -0.25) is 4.68 Å². The summed E-state index contributed by atoms with van der Waals surface area (Å²) in [5, 5.41) is 8.82. The summed E-state index contributed by atoms with van der Waals surface area (Å²) in [6.07, 6.45) is 7.93. The molecule has 0 aromatic carbocycles. The van der Waals surface area contributed by atoms with E-state index in [2.05, 4.69) is 26.3 Å². The van der Waals surface area contributed by atoms with E-state index in [0.717, 1.165) is 37.1 Å². The molecule has 3 heterocycles. The SMILES string of the molecule is Nc1ccc(-c2cnn(C3CC[N-]CC3)c2)cn1. The third kappa shape index (κ3) is 2.22. The van der Waals surface area contributed by atoms with Crippen molar-refractivity contribution < 1.29 is 0 Å². The fraction of sp³-hybridized carbons (Fsp3) is 0.385. The molecule has 1 aliphatic rings. The Labute approximate surface area is 106 Å². The van der Waals surface area contributed by atoms with Crippen LogP contribution < -0.4 is 5.73 Å². The Kier molecular flexibility index (Phi) is 2.98. The summed E-state index contributed by atoms with van der Waals surface area (Å²) in [5.41, 5.74) is 7.72. The first-order chi connectivity index (χ1) is 8.83. The zero-order valence-electron chi connectivity index (χ0n) is 10.2. The lowest BCUT2D eigenvalue weighted by Crippen LogP contribution is -2.17. The van der Waals surface area contributed by atoms with Crippen molar-refractivity contribution in [1.29, 1.82) is 0 Å². The summed E-state index contributed by atoms with van der Waals surface area (Å²) in [7, 11) is 0. The predicted octanol–water partition coefficient (Wildman–Crippen LogP) is 2.24. The van der Waals surface area contributed by atoms with E-state index in [1.54, 1.807) is 6.20 Å². The van der Waals surface area contributed by atoms with E-state index in [-0.39, 0.29) is 0 Å². The fourth-order valence-electron chi connectivity index (χ4n) is 2.26. The first-order valence-corrected chi connectivity index (χ1v) is 6.22. The Bertz CT molecular complexity index is 510. The molecule has 18 heavy (non-hydrogen) atoms. The van der Waals surface area contributed by atoms with Gasteiger partial charge in [0, 0.05) is 29.6 Å². The number of anilines is 1. The summed E-state index contributed by atoms with van der Waals surface area (Å²) in [6, 6.07) is 4.27. The first kappa shape index (κ1) is 11.2. The molecule has 2 aromatic rings. The van der Waals surface area contributed by atoms with Crippen LogP contribution in [-0.2, 0) is 0 Å². The van der Waals surface area contributed by atoms with E-state index in [1.165, 1.54) is 0 Å². The summed E-state index contributed by atoms with van der Waals surface area (Å²) in [5.74, 6) is 0.542. The number of hydrogen-bond donors (Lipinski definition) is 1.